The summed E-state index contributed by atoms with van der Waals surface area (Å²) >= 11 is 3.37. The summed E-state index contributed by atoms with van der Waals surface area (Å²) in [7, 11) is 1.57. The van der Waals surface area contributed by atoms with Gasteiger partial charge in [-0.15, -0.1) is 0 Å². The average molecular weight is 273 g/mol. The minimum absolute atomic E-state index is 0.547. The van der Waals surface area contributed by atoms with Gasteiger partial charge in [-0.25, -0.2) is 0 Å². The first-order valence-electron chi connectivity index (χ1n) is 4.54. The number of carboxylic acids is 1. The second kappa shape index (κ2) is 4.66. The Kier molecular flexibility index (Phi) is 3.74. The first-order valence-corrected chi connectivity index (χ1v) is 5.34. The van der Waals surface area contributed by atoms with Crippen LogP contribution in [-0.2, 0) is 4.79 Å². The van der Waals surface area contributed by atoms with Gasteiger partial charge in [0.15, 0.2) is 0 Å². The number of aliphatic carboxylic acids is 1. The average Bonchev–Trinajstić information content (AvgIpc) is 2.17. The van der Waals surface area contributed by atoms with Crippen LogP contribution in [0.3, 0.4) is 0 Å². The van der Waals surface area contributed by atoms with Gasteiger partial charge in [0.1, 0.15) is 5.75 Å². The van der Waals surface area contributed by atoms with Gasteiger partial charge in [0.25, 0.3) is 0 Å². The van der Waals surface area contributed by atoms with Crippen molar-refractivity contribution in [1.29, 1.82) is 0 Å². The number of hydrogen-bond donors (Lipinski definition) is 1. The standard InChI is InChI=1S/C11H13BrO3/c1-6-4-5-8(7(2)11(13)14)9(12)10(6)15-3/h4-5,7H,1-3H3,(H,13,14). The van der Waals surface area contributed by atoms with E-state index in [0.717, 1.165) is 15.6 Å². The van der Waals surface area contributed by atoms with Crippen molar-refractivity contribution < 1.29 is 14.6 Å². The van der Waals surface area contributed by atoms with Crippen molar-refractivity contribution in [1.82, 2.24) is 0 Å². The van der Waals surface area contributed by atoms with E-state index in [1.807, 2.05) is 13.0 Å². The lowest BCUT2D eigenvalue weighted by molar-refractivity contribution is -0.138. The van der Waals surface area contributed by atoms with Crippen molar-refractivity contribution in [3.63, 3.8) is 0 Å². The molecule has 15 heavy (non-hydrogen) atoms. The molecule has 0 saturated heterocycles. The normalized spacial score (nSPS) is 12.3. The molecule has 0 aliphatic heterocycles. The first-order chi connectivity index (χ1) is 6.99. The number of aryl methyl sites for hydroxylation is 1. The van der Waals surface area contributed by atoms with Crippen LogP contribution in [0.15, 0.2) is 16.6 Å². The number of rotatable bonds is 3. The molecule has 0 aliphatic rings. The number of carboxylic acid groups (broad SMARTS) is 1. The molecule has 0 saturated carbocycles. The Balaban J connectivity index is 3.27. The second-order valence-electron chi connectivity index (χ2n) is 3.38. The third-order valence-corrected chi connectivity index (χ3v) is 3.18. The number of hydrogen-bond acceptors (Lipinski definition) is 2. The highest BCUT2D eigenvalue weighted by molar-refractivity contribution is 9.10. The summed E-state index contributed by atoms with van der Waals surface area (Å²) in [6, 6.07) is 3.67. The minimum atomic E-state index is -0.846. The number of carbonyl (C=O) groups is 1. The number of benzene rings is 1. The lowest BCUT2D eigenvalue weighted by atomic mass is 9.99. The number of halogens is 1. The molecule has 1 rings (SSSR count). The minimum Gasteiger partial charge on any atom is -0.495 e. The van der Waals surface area contributed by atoms with Crippen LogP contribution < -0.4 is 4.74 Å². The molecule has 1 aromatic rings. The molecule has 0 radical (unpaired) electrons. The highest BCUT2D eigenvalue weighted by Crippen LogP contribution is 2.35. The van der Waals surface area contributed by atoms with Gasteiger partial charge in [0.05, 0.1) is 17.5 Å². The Morgan fingerprint density at radius 1 is 1.53 bits per heavy atom. The van der Waals surface area contributed by atoms with Crippen molar-refractivity contribution in [2.45, 2.75) is 19.8 Å². The molecular weight excluding hydrogens is 260 g/mol. The van der Waals surface area contributed by atoms with Gasteiger partial charge in [-0.3, -0.25) is 4.79 Å². The Morgan fingerprint density at radius 3 is 2.60 bits per heavy atom. The Morgan fingerprint density at radius 2 is 2.13 bits per heavy atom. The quantitative estimate of drug-likeness (QED) is 0.920. The number of methoxy groups -OCH3 is 1. The van der Waals surface area contributed by atoms with Crippen LogP contribution in [0.25, 0.3) is 0 Å². The van der Waals surface area contributed by atoms with Crippen LogP contribution in [0.4, 0.5) is 0 Å². The van der Waals surface area contributed by atoms with E-state index in [2.05, 4.69) is 15.9 Å². The van der Waals surface area contributed by atoms with E-state index in [1.54, 1.807) is 20.1 Å². The third-order valence-electron chi connectivity index (χ3n) is 2.36. The van der Waals surface area contributed by atoms with Gasteiger partial charge in [0, 0.05) is 0 Å². The van der Waals surface area contributed by atoms with Crippen LogP contribution in [-0.4, -0.2) is 18.2 Å². The lowest BCUT2D eigenvalue weighted by Gasteiger charge is -2.14. The molecule has 3 nitrogen and oxygen atoms in total. The fraction of sp³-hybridized carbons (Fsp3) is 0.364. The van der Waals surface area contributed by atoms with Gasteiger partial charge in [-0.05, 0) is 40.9 Å². The summed E-state index contributed by atoms with van der Waals surface area (Å²) in [6.07, 6.45) is 0. The fourth-order valence-electron chi connectivity index (χ4n) is 1.39. The third kappa shape index (κ3) is 2.31. The largest absolute Gasteiger partial charge is 0.495 e. The zero-order chi connectivity index (χ0) is 11.6. The molecular formula is C11H13BrO3. The molecule has 0 aromatic heterocycles. The van der Waals surface area contributed by atoms with E-state index in [9.17, 15) is 4.79 Å². The van der Waals surface area contributed by atoms with Crippen LogP contribution in [0.2, 0.25) is 0 Å². The molecule has 0 spiro atoms. The number of ether oxygens (including phenoxy) is 1. The van der Waals surface area contributed by atoms with Crippen molar-refractivity contribution in [3.05, 3.63) is 27.7 Å². The predicted octanol–water partition coefficient (Wildman–Crippen LogP) is 2.95. The van der Waals surface area contributed by atoms with Crippen molar-refractivity contribution in [2.75, 3.05) is 7.11 Å². The molecule has 0 fully saturated rings. The van der Waals surface area contributed by atoms with Gasteiger partial charge in [-0.1, -0.05) is 12.1 Å². The summed E-state index contributed by atoms with van der Waals surface area (Å²) in [4.78, 5) is 10.9. The smallest absolute Gasteiger partial charge is 0.310 e. The molecule has 0 bridgehead atoms. The molecule has 4 heteroatoms. The van der Waals surface area contributed by atoms with Crippen LogP contribution in [0.1, 0.15) is 24.0 Å². The van der Waals surface area contributed by atoms with E-state index in [-0.39, 0.29) is 0 Å². The van der Waals surface area contributed by atoms with Crippen molar-refractivity contribution in [3.8, 4) is 5.75 Å². The van der Waals surface area contributed by atoms with E-state index >= 15 is 0 Å². The molecule has 0 heterocycles. The van der Waals surface area contributed by atoms with Crippen molar-refractivity contribution in [2.24, 2.45) is 0 Å². The molecule has 1 N–H and O–H groups in total. The Hall–Kier alpha value is -1.03. The van der Waals surface area contributed by atoms with Gasteiger partial charge in [0.2, 0.25) is 0 Å². The van der Waals surface area contributed by atoms with Gasteiger partial charge < -0.3 is 9.84 Å². The first kappa shape index (κ1) is 12.0. The predicted molar refractivity (Wildman–Crippen MR) is 61.5 cm³/mol. The zero-order valence-corrected chi connectivity index (χ0v) is 10.5. The monoisotopic (exact) mass is 272 g/mol. The van der Waals surface area contributed by atoms with Crippen LogP contribution in [0, 0.1) is 6.92 Å². The summed E-state index contributed by atoms with van der Waals surface area (Å²) in [6.45, 7) is 3.57. The molecule has 0 amide bonds. The maximum absolute atomic E-state index is 10.9. The van der Waals surface area contributed by atoms with E-state index in [0.29, 0.717) is 5.75 Å². The summed E-state index contributed by atoms with van der Waals surface area (Å²) < 4.78 is 5.93. The fourth-order valence-corrected chi connectivity index (χ4v) is 2.34. The van der Waals surface area contributed by atoms with E-state index < -0.39 is 11.9 Å². The molecule has 1 aromatic carbocycles. The summed E-state index contributed by atoms with van der Waals surface area (Å²) in [5.74, 6) is -0.698. The lowest BCUT2D eigenvalue weighted by Crippen LogP contribution is -2.08. The highest BCUT2D eigenvalue weighted by atomic mass is 79.9. The molecule has 1 unspecified atom stereocenters. The summed E-state index contributed by atoms with van der Waals surface area (Å²) in [5.41, 5.74) is 1.70. The Bertz CT molecular complexity index is 388. The highest BCUT2D eigenvalue weighted by Gasteiger charge is 2.19. The van der Waals surface area contributed by atoms with Crippen LogP contribution >= 0.6 is 15.9 Å². The van der Waals surface area contributed by atoms with Gasteiger partial charge in [-0.2, -0.15) is 0 Å². The maximum atomic E-state index is 10.9. The summed E-state index contributed by atoms with van der Waals surface area (Å²) in [5, 5.41) is 8.93. The van der Waals surface area contributed by atoms with Gasteiger partial charge >= 0.3 is 5.97 Å². The molecule has 1 atom stereocenters. The Labute approximate surface area is 97.2 Å². The van der Waals surface area contributed by atoms with E-state index in [1.165, 1.54) is 0 Å². The van der Waals surface area contributed by atoms with Crippen molar-refractivity contribution >= 4 is 21.9 Å². The topological polar surface area (TPSA) is 46.5 Å². The molecule has 82 valence electrons. The SMILES string of the molecule is COc1c(C)ccc(C(C)C(=O)O)c1Br. The molecule has 0 aliphatic carbocycles. The van der Waals surface area contributed by atoms with E-state index in [4.69, 9.17) is 9.84 Å². The zero-order valence-electron chi connectivity index (χ0n) is 8.87. The van der Waals surface area contributed by atoms with Crippen LogP contribution in [0.5, 0.6) is 5.75 Å². The second-order valence-corrected chi connectivity index (χ2v) is 4.17. The maximum Gasteiger partial charge on any atom is 0.310 e.